The van der Waals surface area contributed by atoms with Crippen molar-refractivity contribution in [3.8, 4) is 0 Å². The number of nitrogens with zero attached hydrogens (tertiary/aromatic N) is 3. The average molecular weight is 129 g/mol. The maximum absolute atomic E-state index is 5.06. The first-order valence-corrected chi connectivity index (χ1v) is 2.25. The zero-order valence-corrected chi connectivity index (χ0v) is 4.64. The molecule has 0 radical (unpaired) electrons. The second kappa shape index (κ2) is 1.83. The van der Waals surface area contributed by atoms with Crippen LogP contribution in [0.1, 0.15) is 0 Å². The van der Waals surface area contributed by atoms with Crippen molar-refractivity contribution in [3.63, 3.8) is 0 Å². The number of H-pyrrole nitrogens is 1. The molecule has 1 aromatic heterocycles. The Labute approximate surface area is 49.9 Å². The van der Waals surface area contributed by atoms with Crippen molar-refractivity contribution in [1.82, 2.24) is 20.4 Å². The molecule has 1 rings (SSSR count). The van der Waals surface area contributed by atoms with Gasteiger partial charge in [-0.1, -0.05) is 0 Å². The summed E-state index contributed by atoms with van der Waals surface area (Å²) in [6.45, 7) is 0. The van der Waals surface area contributed by atoms with Crippen LogP contribution in [0.3, 0.4) is 0 Å². The van der Waals surface area contributed by atoms with Gasteiger partial charge in [-0.25, -0.2) is 5.10 Å². The van der Waals surface area contributed by atoms with Gasteiger partial charge in [0.05, 0.1) is 0 Å². The first kappa shape index (κ1) is 5.10. The zero-order chi connectivity index (χ0) is 5.98. The van der Waals surface area contributed by atoms with Gasteiger partial charge in [0.15, 0.2) is 0 Å². The fraction of sp³-hybridized carbons (Fsp3) is 0. The van der Waals surface area contributed by atoms with Gasteiger partial charge in [0.1, 0.15) is 0 Å². The van der Waals surface area contributed by atoms with E-state index in [0.717, 1.165) is 0 Å². The van der Waals surface area contributed by atoms with E-state index in [1.807, 2.05) is 0 Å². The lowest BCUT2D eigenvalue weighted by Gasteiger charge is -1.82. The van der Waals surface area contributed by atoms with Crippen molar-refractivity contribution < 1.29 is 0 Å². The number of hydrogen-bond donors (Lipinski definition) is 2. The molecule has 1 heterocycles. The van der Waals surface area contributed by atoms with E-state index in [1.54, 1.807) is 0 Å². The van der Waals surface area contributed by atoms with E-state index >= 15 is 0 Å². The molecule has 0 aliphatic rings. The van der Waals surface area contributed by atoms with E-state index in [-0.39, 0.29) is 10.7 Å². The van der Waals surface area contributed by atoms with Crippen molar-refractivity contribution in [2.75, 3.05) is 5.73 Å². The van der Waals surface area contributed by atoms with Crippen LogP contribution in [0.4, 0.5) is 5.95 Å². The summed E-state index contributed by atoms with van der Waals surface area (Å²) in [6, 6.07) is 0. The molecule has 0 spiro atoms. The Balaban J connectivity index is 3.22. The van der Waals surface area contributed by atoms with Crippen LogP contribution in [0.15, 0.2) is 0 Å². The third-order valence-corrected chi connectivity index (χ3v) is 0.682. The van der Waals surface area contributed by atoms with Gasteiger partial charge in [0, 0.05) is 0 Å². The van der Waals surface area contributed by atoms with Crippen molar-refractivity contribution in [2.45, 2.75) is 0 Å². The summed E-state index contributed by atoms with van der Waals surface area (Å²) in [7, 11) is 0. The molecule has 0 bridgehead atoms. The quantitative estimate of drug-likeness (QED) is 0.462. The Morgan fingerprint density at radius 1 is 1.50 bits per heavy atom. The Hall–Kier alpha value is -1.04. The van der Waals surface area contributed by atoms with Crippen LogP contribution < -0.4 is 5.73 Å². The van der Waals surface area contributed by atoms with Crippen LogP contribution in [0.25, 0.3) is 0 Å². The molecule has 0 amide bonds. The SMILES string of the molecule is Nc1nnc(=S)[nH]n1. The molecule has 0 fully saturated rings. The van der Waals surface area contributed by atoms with Gasteiger partial charge in [-0.05, 0) is 12.2 Å². The second-order valence-electron chi connectivity index (χ2n) is 1.09. The summed E-state index contributed by atoms with van der Waals surface area (Å²) >= 11 is 4.52. The molecule has 0 atom stereocenters. The van der Waals surface area contributed by atoms with Crippen molar-refractivity contribution in [2.24, 2.45) is 0 Å². The largest absolute Gasteiger partial charge is 0.365 e. The summed E-state index contributed by atoms with van der Waals surface area (Å²) in [4.78, 5) is 0. The number of nitrogens with two attached hydrogens (primary N) is 1. The van der Waals surface area contributed by atoms with Gasteiger partial charge >= 0.3 is 0 Å². The van der Waals surface area contributed by atoms with Crippen LogP contribution in [0, 0.1) is 4.77 Å². The molecule has 0 aliphatic heterocycles. The third-order valence-electron chi connectivity index (χ3n) is 0.509. The van der Waals surface area contributed by atoms with E-state index < -0.39 is 0 Å². The fourth-order valence-corrected chi connectivity index (χ4v) is 0.333. The van der Waals surface area contributed by atoms with Gasteiger partial charge in [0.2, 0.25) is 4.77 Å². The number of rotatable bonds is 0. The van der Waals surface area contributed by atoms with E-state index in [9.17, 15) is 0 Å². The van der Waals surface area contributed by atoms with Crippen molar-refractivity contribution in [3.05, 3.63) is 4.77 Å². The lowest BCUT2D eigenvalue weighted by Crippen LogP contribution is -1.98. The summed E-state index contributed by atoms with van der Waals surface area (Å²) in [5, 5.41) is 12.6. The Kier molecular flexibility index (Phi) is 1.17. The highest BCUT2D eigenvalue weighted by Crippen LogP contribution is 1.76. The summed E-state index contributed by atoms with van der Waals surface area (Å²) in [5.41, 5.74) is 5.06. The summed E-state index contributed by atoms with van der Waals surface area (Å²) in [5.74, 6) is 0.0959. The molecule has 0 unspecified atom stereocenters. The van der Waals surface area contributed by atoms with Gasteiger partial charge < -0.3 is 5.73 Å². The highest BCUT2D eigenvalue weighted by atomic mass is 32.1. The maximum atomic E-state index is 5.06. The maximum Gasteiger partial charge on any atom is 0.257 e. The normalized spacial score (nSPS) is 9.00. The molecule has 8 heavy (non-hydrogen) atoms. The molecule has 5 nitrogen and oxygen atoms in total. The van der Waals surface area contributed by atoms with Crippen LogP contribution in [-0.4, -0.2) is 20.4 Å². The minimum Gasteiger partial charge on any atom is -0.365 e. The molecular weight excluding hydrogens is 126 g/mol. The van der Waals surface area contributed by atoms with Crippen LogP contribution >= 0.6 is 12.2 Å². The number of aromatic nitrogens is 4. The molecule has 0 saturated heterocycles. The minimum absolute atomic E-state index is 0.0959. The number of nitrogen functional groups attached to an aromatic ring is 1. The fourth-order valence-electron chi connectivity index (χ4n) is 0.246. The minimum atomic E-state index is 0.0959. The standard InChI is InChI=1S/C2H3N5S/c3-1-4-6-2(8)7-5-1/h(H2,3,4,5)(H,6,7,8). The molecule has 6 heteroatoms. The number of nitrogens with one attached hydrogen (secondary N) is 1. The third kappa shape index (κ3) is 0.969. The van der Waals surface area contributed by atoms with E-state index in [0.29, 0.717) is 0 Å². The Morgan fingerprint density at radius 3 is 2.62 bits per heavy atom. The molecule has 0 aliphatic carbocycles. The van der Waals surface area contributed by atoms with Crippen LogP contribution in [-0.2, 0) is 0 Å². The van der Waals surface area contributed by atoms with Crippen LogP contribution in [0.5, 0.6) is 0 Å². The number of aromatic amines is 1. The molecule has 0 aromatic carbocycles. The zero-order valence-electron chi connectivity index (χ0n) is 3.83. The van der Waals surface area contributed by atoms with E-state index in [4.69, 9.17) is 5.73 Å². The van der Waals surface area contributed by atoms with Gasteiger partial charge in [-0.3, -0.25) is 0 Å². The molecular formula is C2H3N5S. The van der Waals surface area contributed by atoms with Gasteiger partial charge in [0.25, 0.3) is 5.95 Å². The summed E-state index contributed by atoms with van der Waals surface area (Å²) in [6.07, 6.45) is 0. The number of hydrogen-bond acceptors (Lipinski definition) is 5. The average Bonchev–Trinajstić information content (AvgIpc) is 1.77. The van der Waals surface area contributed by atoms with Crippen LogP contribution in [0.2, 0.25) is 0 Å². The highest BCUT2D eigenvalue weighted by Gasteiger charge is 1.81. The monoisotopic (exact) mass is 129 g/mol. The Morgan fingerprint density at radius 2 is 2.25 bits per heavy atom. The van der Waals surface area contributed by atoms with E-state index in [1.165, 1.54) is 0 Å². The molecule has 42 valence electrons. The predicted molar refractivity (Wildman–Crippen MR) is 29.4 cm³/mol. The molecule has 0 saturated carbocycles. The van der Waals surface area contributed by atoms with E-state index in [2.05, 4.69) is 32.6 Å². The lowest BCUT2D eigenvalue weighted by molar-refractivity contribution is 0.852. The van der Waals surface area contributed by atoms with Crippen molar-refractivity contribution >= 4 is 18.2 Å². The lowest BCUT2D eigenvalue weighted by atomic mass is 11.1. The first-order valence-electron chi connectivity index (χ1n) is 1.84. The smallest absolute Gasteiger partial charge is 0.257 e. The summed E-state index contributed by atoms with van der Waals surface area (Å²) < 4.78 is 0.235. The second-order valence-corrected chi connectivity index (χ2v) is 1.47. The number of anilines is 1. The topological polar surface area (TPSA) is 80.5 Å². The molecule has 1 aromatic rings. The first-order chi connectivity index (χ1) is 3.79. The Bertz CT molecular complexity index is 208. The van der Waals surface area contributed by atoms with Crippen molar-refractivity contribution in [1.29, 1.82) is 0 Å². The highest BCUT2D eigenvalue weighted by molar-refractivity contribution is 7.71. The molecule has 3 N–H and O–H groups in total. The van der Waals surface area contributed by atoms with Gasteiger partial charge in [-0.2, -0.15) is 0 Å². The van der Waals surface area contributed by atoms with Gasteiger partial charge in [-0.15, -0.1) is 15.3 Å². The predicted octanol–water partition coefficient (Wildman–Crippen LogP) is -0.489.